The van der Waals surface area contributed by atoms with Gasteiger partial charge in [-0.2, -0.15) is 5.11 Å². The Morgan fingerprint density at radius 2 is 1.35 bits per heavy atom. The molecule has 10 heteroatoms. The Morgan fingerprint density at radius 3 is 1.79 bits per heavy atom. The number of anilines is 1. The number of azo groups is 1. The monoisotopic (exact) mass is 491 g/mol. The molecule has 2 aromatic carbocycles. The van der Waals surface area contributed by atoms with Crippen LogP contribution in [-0.2, 0) is 9.59 Å². The highest BCUT2D eigenvalue weighted by molar-refractivity contribution is 6.33. The van der Waals surface area contributed by atoms with Crippen LogP contribution < -0.4 is 24.3 Å². The highest BCUT2D eigenvalue weighted by Crippen LogP contribution is 2.39. The van der Waals surface area contributed by atoms with Gasteiger partial charge in [0.1, 0.15) is 16.5 Å². The lowest BCUT2D eigenvalue weighted by molar-refractivity contribution is -0.126. The number of amides is 1. The molecule has 0 radical (unpaired) electrons. The molecule has 0 fully saturated rings. The molecule has 34 heavy (non-hydrogen) atoms. The third-order valence-electron chi connectivity index (χ3n) is 4.34. The van der Waals surface area contributed by atoms with E-state index in [1.165, 1.54) is 6.92 Å². The highest BCUT2D eigenvalue weighted by Gasteiger charge is 2.25. The zero-order valence-electron chi connectivity index (χ0n) is 20.0. The largest absolute Gasteiger partial charge is 0.492 e. The molecule has 0 aliphatic rings. The van der Waals surface area contributed by atoms with Gasteiger partial charge in [0.15, 0.2) is 23.0 Å². The number of ether oxygens (including phenoxy) is 4. The number of rotatable bonds is 13. The van der Waals surface area contributed by atoms with Gasteiger partial charge in [0.2, 0.25) is 6.04 Å². The fraction of sp³-hybridized carbons (Fsp3) is 0.417. The van der Waals surface area contributed by atoms with Crippen molar-refractivity contribution in [2.75, 3.05) is 31.7 Å². The fourth-order valence-electron chi connectivity index (χ4n) is 2.95. The van der Waals surface area contributed by atoms with Crippen LogP contribution in [0.4, 0.5) is 11.4 Å². The molecule has 1 N–H and O–H groups in total. The van der Waals surface area contributed by atoms with Crippen LogP contribution in [0.5, 0.6) is 23.0 Å². The van der Waals surface area contributed by atoms with Crippen molar-refractivity contribution in [2.24, 2.45) is 10.2 Å². The number of carbonyl (C=O) groups is 2. The van der Waals surface area contributed by atoms with Crippen LogP contribution in [0.1, 0.15) is 34.6 Å². The lowest BCUT2D eigenvalue weighted by Gasteiger charge is -2.15. The summed E-state index contributed by atoms with van der Waals surface area (Å²) in [7, 11) is 0. The van der Waals surface area contributed by atoms with Crippen molar-refractivity contribution >= 4 is 34.7 Å². The van der Waals surface area contributed by atoms with E-state index in [9.17, 15) is 9.59 Å². The molecule has 0 aromatic heterocycles. The first kappa shape index (κ1) is 26.9. The number of hydrogen-bond acceptors (Lipinski definition) is 8. The molecular weight excluding hydrogens is 462 g/mol. The van der Waals surface area contributed by atoms with Crippen molar-refractivity contribution in [3.05, 3.63) is 35.4 Å². The predicted molar refractivity (Wildman–Crippen MR) is 130 cm³/mol. The molecule has 2 aromatic rings. The summed E-state index contributed by atoms with van der Waals surface area (Å²) in [5.41, 5.74) is 0.640. The molecule has 0 saturated carbocycles. The van der Waals surface area contributed by atoms with Gasteiger partial charge >= 0.3 is 0 Å². The van der Waals surface area contributed by atoms with Crippen molar-refractivity contribution in [3.63, 3.8) is 0 Å². The lowest BCUT2D eigenvalue weighted by atomic mass is 10.2. The van der Waals surface area contributed by atoms with Crippen LogP contribution in [-0.4, -0.2) is 44.2 Å². The van der Waals surface area contributed by atoms with Gasteiger partial charge in [0, 0.05) is 17.8 Å². The van der Waals surface area contributed by atoms with Gasteiger partial charge in [-0.1, -0.05) is 17.7 Å². The van der Waals surface area contributed by atoms with Gasteiger partial charge in [-0.15, -0.1) is 5.11 Å². The molecule has 184 valence electrons. The van der Waals surface area contributed by atoms with Crippen molar-refractivity contribution in [2.45, 2.75) is 40.7 Å². The summed E-state index contributed by atoms with van der Waals surface area (Å²) in [5.74, 6) is 0.393. The number of ketones is 1. The van der Waals surface area contributed by atoms with E-state index in [1.807, 2.05) is 27.7 Å². The maximum absolute atomic E-state index is 13.0. The van der Waals surface area contributed by atoms with Gasteiger partial charge in [-0.05, 0) is 46.8 Å². The van der Waals surface area contributed by atoms with Crippen LogP contribution in [0, 0.1) is 0 Å². The minimum absolute atomic E-state index is 0.292. The van der Waals surface area contributed by atoms with Crippen LogP contribution in [0.3, 0.4) is 0 Å². The van der Waals surface area contributed by atoms with E-state index in [0.717, 1.165) is 0 Å². The molecule has 0 heterocycles. The van der Waals surface area contributed by atoms with Crippen LogP contribution >= 0.6 is 11.6 Å². The summed E-state index contributed by atoms with van der Waals surface area (Å²) >= 11 is 6.31. The van der Waals surface area contributed by atoms with Crippen molar-refractivity contribution in [1.29, 1.82) is 0 Å². The SMILES string of the molecule is CCOc1cc(NC(=O)C(N=Nc2c(OCC)cccc2OCC)C(C)=O)cc(OCC)c1Cl. The number of Topliss-reactive ketones (excluding diaryl/α,β-unsaturated/α-hetero) is 1. The minimum atomic E-state index is -1.40. The van der Waals surface area contributed by atoms with E-state index in [0.29, 0.717) is 65.8 Å². The smallest absolute Gasteiger partial charge is 0.258 e. The zero-order valence-corrected chi connectivity index (χ0v) is 20.8. The first-order valence-electron chi connectivity index (χ1n) is 11.1. The first-order chi connectivity index (χ1) is 16.4. The van der Waals surface area contributed by atoms with E-state index < -0.39 is 17.7 Å². The third kappa shape index (κ3) is 7.08. The van der Waals surface area contributed by atoms with Crippen molar-refractivity contribution in [1.82, 2.24) is 0 Å². The number of benzene rings is 2. The van der Waals surface area contributed by atoms with Gasteiger partial charge < -0.3 is 24.3 Å². The molecule has 0 saturated heterocycles. The van der Waals surface area contributed by atoms with Crippen LogP contribution in [0.25, 0.3) is 0 Å². The summed E-state index contributed by atoms with van der Waals surface area (Å²) in [6.45, 7) is 10.1. The van der Waals surface area contributed by atoms with E-state index >= 15 is 0 Å². The van der Waals surface area contributed by atoms with Gasteiger partial charge in [-0.25, -0.2) is 0 Å². The second-order valence-electron chi connectivity index (χ2n) is 6.84. The van der Waals surface area contributed by atoms with E-state index in [2.05, 4.69) is 15.5 Å². The quantitative estimate of drug-likeness (QED) is 0.288. The molecule has 9 nitrogen and oxygen atoms in total. The number of nitrogens with zero attached hydrogens (tertiary/aromatic N) is 2. The maximum atomic E-state index is 13.0. The van der Waals surface area contributed by atoms with Gasteiger partial charge in [-0.3, -0.25) is 9.59 Å². The van der Waals surface area contributed by atoms with Crippen molar-refractivity contribution < 1.29 is 28.5 Å². The summed E-state index contributed by atoms with van der Waals surface area (Å²) in [4.78, 5) is 25.2. The molecule has 1 atom stereocenters. The predicted octanol–water partition coefficient (Wildman–Crippen LogP) is 5.61. The molecule has 0 bridgehead atoms. The number of halogens is 1. The number of hydrogen-bond donors (Lipinski definition) is 1. The molecular formula is C24H30ClN3O6. The summed E-state index contributed by atoms with van der Waals surface area (Å²) < 4.78 is 22.3. The summed E-state index contributed by atoms with van der Waals surface area (Å²) in [6.07, 6.45) is 0. The summed E-state index contributed by atoms with van der Waals surface area (Å²) in [6, 6.07) is 6.89. The highest BCUT2D eigenvalue weighted by atomic mass is 35.5. The number of nitrogens with one attached hydrogen (secondary N) is 1. The summed E-state index contributed by atoms with van der Waals surface area (Å²) in [5, 5.41) is 11.1. The van der Waals surface area contributed by atoms with Gasteiger partial charge in [0.25, 0.3) is 5.91 Å². The Labute approximate surface area is 204 Å². The average Bonchev–Trinajstić information content (AvgIpc) is 2.79. The van der Waals surface area contributed by atoms with E-state index in [4.69, 9.17) is 30.5 Å². The molecule has 0 aliphatic carbocycles. The molecule has 1 unspecified atom stereocenters. The third-order valence-corrected chi connectivity index (χ3v) is 4.71. The standard InChI is InChI=1S/C24H30ClN3O6/c1-6-31-17-11-10-12-18(32-7-2)23(17)28-27-22(15(5)29)24(30)26-16-13-19(33-8-3)21(25)20(14-16)34-9-4/h10-14,22H,6-9H2,1-5H3,(H,26,30). The Morgan fingerprint density at radius 1 is 0.882 bits per heavy atom. The fourth-order valence-corrected chi connectivity index (χ4v) is 3.17. The van der Waals surface area contributed by atoms with E-state index in [-0.39, 0.29) is 0 Å². The van der Waals surface area contributed by atoms with Crippen LogP contribution in [0.15, 0.2) is 40.6 Å². The van der Waals surface area contributed by atoms with Crippen LogP contribution in [0.2, 0.25) is 5.02 Å². The normalized spacial score (nSPS) is 11.7. The Kier molecular flexibility index (Phi) is 10.6. The van der Waals surface area contributed by atoms with Crippen molar-refractivity contribution in [3.8, 4) is 23.0 Å². The Hall–Kier alpha value is -3.33. The Balaban J connectivity index is 2.36. The van der Waals surface area contributed by atoms with E-state index in [1.54, 1.807) is 30.3 Å². The lowest BCUT2D eigenvalue weighted by Crippen LogP contribution is -2.31. The molecule has 2 rings (SSSR count). The topological polar surface area (TPSA) is 108 Å². The zero-order chi connectivity index (χ0) is 25.1. The molecule has 0 aliphatic heterocycles. The molecule has 1 amide bonds. The Bertz CT molecular complexity index is 977. The maximum Gasteiger partial charge on any atom is 0.258 e. The van der Waals surface area contributed by atoms with Gasteiger partial charge in [0.05, 0.1) is 26.4 Å². The number of carbonyl (C=O) groups excluding carboxylic acids is 2. The first-order valence-corrected chi connectivity index (χ1v) is 11.4. The average molecular weight is 492 g/mol. The second kappa shape index (κ2) is 13.4. The second-order valence-corrected chi connectivity index (χ2v) is 7.22. The minimum Gasteiger partial charge on any atom is -0.492 e. The molecule has 0 spiro atoms.